The van der Waals surface area contributed by atoms with Crippen molar-refractivity contribution in [3.05, 3.63) is 51.6 Å². The summed E-state index contributed by atoms with van der Waals surface area (Å²) in [4.78, 5) is 4.08. The van der Waals surface area contributed by atoms with Gasteiger partial charge in [-0.2, -0.15) is 0 Å². The average Bonchev–Trinajstić information content (AvgIpc) is 2.45. The molecular weight excluding hydrogens is 301 g/mol. The van der Waals surface area contributed by atoms with E-state index in [-0.39, 0.29) is 13.2 Å². The van der Waals surface area contributed by atoms with Crippen LogP contribution in [0.25, 0.3) is 0 Å². The lowest BCUT2D eigenvalue weighted by Gasteiger charge is -2.13. The summed E-state index contributed by atoms with van der Waals surface area (Å²) in [5.41, 5.74) is 1.32. The summed E-state index contributed by atoms with van der Waals surface area (Å²) < 4.78 is 10.8. The van der Waals surface area contributed by atoms with Crippen LogP contribution in [0.2, 0.25) is 10.0 Å². The Labute approximate surface area is 126 Å². The highest BCUT2D eigenvalue weighted by Gasteiger charge is 2.12. The average molecular weight is 314 g/mol. The summed E-state index contributed by atoms with van der Waals surface area (Å²) in [7, 11) is 1.54. The van der Waals surface area contributed by atoms with Crippen LogP contribution in [0.3, 0.4) is 0 Å². The lowest BCUT2D eigenvalue weighted by molar-refractivity contribution is 0.256. The molecule has 1 heterocycles. The molecule has 0 unspecified atom stereocenters. The number of aliphatic hydroxyl groups excluding tert-OH is 1. The van der Waals surface area contributed by atoms with Gasteiger partial charge in [-0.05, 0) is 24.3 Å². The highest BCUT2D eigenvalue weighted by molar-refractivity contribution is 6.35. The Bertz CT molecular complexity index is 605. The molecule has 2 rings (SSSR count). The van der Waals surface area contributed by atoms with Crippen LogP contribution in [0.15, 0.2) is 30.5 Å². The van der Waals surface area contributed by atoms with E-state index < -0.39 is 0 Å². The van der Waals surface area contributed by atoms with E-state index in [1.807, 2.05) is 6.07 Å². The number of aromatic nitrogens is 1. The summed E-state index contributed by atoms with van der Waals surface area (Å²) in [6.07, 6.45) is 1.64. The Morgan fingerprint density at radius 3 is 2.75 bits per heavy atom. The van der Waals surface area contributed by atoms with E-state index in [4.69, 9.17) is 32.7 Å². The van der Waals surface area contributed by atoms with Crippen molar-refractivity contribution in [2.75, 3.05) is 7.11 Å². The molecule has 0 spiro atoms. The van der Waals surface area contributed by atoms with Crippen LogP contribution in [-0.2, 0) is 13.2 Å². The van der Waals surface area contributed by atoms with E-state index in [0.717, 1.165) is 5.56 Å². The third-order valence-electron chi connectivity index (χ3n) is 2.67. The van der Waals surface area contributed by atoms with Gasteiger partial charge in [0.2, 0.25) is 5.88 Å². The van der Waals surface area contributed by atoms with Gasteiger partial charge in [0.15, 0.2) is 0 Å². The first-order valence-corrected chi connectivity index (χ1v) is 6.60. The largest absolute Gasteiger partial charge is 0.487 e. The van der Waals surface area contributed by atoms with Crippen molar-refractivity contribution in [1.29, 1.82) is 0 Å². The Morgan fingerprint density at radius 2 is 2.05 bits per heavy atom. The Balaban J connectivity index is 2.23. The van der Waals surface area contributed by atoms with Crippen LogP contribution < -0.4 is 9.47 Å². The van der Waals surface area contributed by atoms with Gasteiger partial charge in [-0.3, -0.25) is 0 Å². The minimum absolute atomic E-state index is 0.209. The molecule has 0 saturated carbocycles. The maximum atomic E-state index is 9.33. The molecule has 1 aromatic heterocycles. The Morgan fingerprint density at radius 1 is 1.25 bits per heavy atom. The molecular formula is C14H13Cl2NO3. The summed E-state index contributed by atoms with van der Waals surface area (Å²) >= 11 is 12.0. The van der Waals surface area contributed by atoms with Gasteiger partial charge in [0, 0.05) is 16.8 Å². The quantitative estimate of drug-likeness (QED) is 0.918. The molecule has 4 nitrogen and oxygen atoms in total. The van der Waals surface area contributed by atoms with Crippen LogP contribution in [0, 0.1) is 0 Å². The molecule has 0 aliphatic rings. The summed E-state index contributed by atoms with van der Waals surface area (Å²) in [6, 6.07) is 6.81. The molecule has 2 aromatic rings. The predicted octanol–water partition coefficient (Wildman–Crippen LogP) is 3.47. The second-order valence-corrected chi connectivity index (χ2v) is 4.84. The minimum atomic E-state index is -0.209. The van der Waals surface area contributed by atoms with E-state index in [9.17, 15) is 5.11 Å². The van der Waals surface area contributed by atoms with Crippen molar-refractivity contribution < 1.29 is 14.6 Å². The standard InChI is InChI=1S/C14H13Cl2NO3/c1-19-14-9(3-2-4-17-14)8-20-13-10(7-18)5-11(15)6-12(13)16/h2-6,18H,7-8H2,1H3. The van der Waals surface area contributed by atoms with Crippen LogP contribution >= 0.6 is 23.2 Å². The molecule has 0 atom stereocenters. The number of methoxy groups -OCH3 is 1. The number of ether oxygens (including phenoxy) is 2. The molecule has 1 aromatic carbocycles. The Hall–Kier alpha value is -1.49. The number of hydrogen-bond acceptors (Lipinski definition) is 4. The first-order valence-electron chi connectivity index (χ1n) is 5.85. The molecule has 0 aliphatic heterocycles. The lowest BCUT2D eigenvalue weighted by Crippen LogP contribution is -2.02. The van der Waals surface area contributed by atoms with Crippen LogP contribution in [0.1, 0.15) is 11.1 Å². The second-order valence-electron chi connectivity index (χ2n) is 3.99. The van der Waals surface area contributed by atoms with Gasteiger partial charge in [0.1, 0.15) is 12.4 Å². The van der Waals surface area contributed by atoms with E-state index >= 15 is 0 Å². The zero-order valence-electron chi connectivity index (χ0n) is 10.8. The highest BCUT2D eigenvalue weighted by atomic mass is 35.5. The number of rotatable bonds is 5. The van der Waals surface area contributed by atoms with Crippen LogP contribution in [-0.4, -0.2) is 17.2 Å². The summed E-state index contributed by atoms with van der Waals surface area (Å²) in [6.45, 7) is 0.0190. The SMILES string of the molecule is COc1ncccc1COc1c(Cl)cc(Cl)cc1CO. The zero-order valence-corrected chi connectivity index (χ0v) is 12.3. The maximum Gasteiger partial charge on any atom is 0.219 e. The topological polar surface area (TPSA) is 51.6 Å². The molecule has 106 valence electrons. The monoisotopic (exact) mass is 313 g/mol. The van der Waals surface area contributed by atoms with Gasteiger partial charge in [-0.1, -0.05) is 23.2 Å². The first kappa shape index (κ1) is 14.9. The number of pyridine rings is 1. The van der Waals surface area contributed by atoms with E-state index in [0.29, 0.717) is 27.2 Å². The second kappa shape index (κ2) is 6.79. The molecule has 0 amide bonds. The Kier molecular flexibility index (Phi) is 5.06. The zero-order chi connectivity index (χ0) is 14.5. The first-order chi connectivity index (χ1) is 9.65. The fourth-order valence-electron chi connectivity index (χ4n) is 1.76. The molecule has 0 fully saturated rings. The summed E-state index contributed by atoms with van der Waals surface area (Å²) in [5, 5.41) is 10.1. The summed E-state index contributed by atoms with van der Waals surface area (Å²) in [5.74, 6) is 0.896. The van der Waals surface area contributed by atoms with Gasteiger partial charge in [-0.15, -0.1) is 0 Å². The lowest BCUT2D eigenvalue weighted by atomic mass is 10.2. The van der Waals surface area contributed by atoms with E-state index in [1.54, 1.807) is 31.5 Å². The van der Waals surface area contributed by atoms with Gasteiger partial charge < -0.3 is 14.6 Å². The van der Waals surface area contributed by atoms with Crippen molar-refractivity contribution >= 4 is 23.2 Å². The van der Waals surface area contributed by atoms with Crippen LogP contribution in [0.4, 0.5) is 0 Å². The molecule has 0 saturated heterocycles. The van der Waals surface area contributed by atoms with Crippen LogP contribution in [0.5, 0.6) is 11.6 Å². The molecule has 1 N–H and O–H groups in total. The van der Waals surface area contributed by atoms with Gasteiger partial charge in [0.05, 0.1) is 24.3 Å². The van der Waals surface area contributed by atoms with Crippen molar-refractivity contribution in [2.24, 2.45) is 0 Å². The molecule has 0 bridgehead atoms. The third kappa shape index (κ3) is 3.33. The molecule has 6 heteroatoms. The fourth-order valence-corrected chi connectivity index (χ4v) is 2.35. The third-order valence-corrected chi connectivity index (χ3v) is 3.17. The molecule has 20 heavy (non-hydrogen) atoms. The number of hydrogen-bond donors (Lipinski definition) is 1. The smallest absolute Gasteiger partial charge is 0.219 e. The van der Waals surface area contributed by atoms with Crippen molar-refractivity contribution in [3.63, 3.8) is 0 Å². The molecule has 0 aliphatic carbocycles. The van der Waals surface area contributed by atoms with Gasteiger partial charge in [0.25, 0.3) is 0 Å². The van der Waals surface area contributed by atoms with E-state index in [1.165, 1.54) is 0 Å². The minimum Gasteiger partial charge on any atom is -0.487 e. The number of benzene rings is 1. The number of aliphatic hydroxyl groups is 1. The van der Waals surface area contributed by atoms with Gasteiger partial charge in [-0.25, -0.2) is 4.98 Å². The number of halogens is 2. The van der Waals surface area contributed by atoms with Crippen molar-refractivity contribution in [1.82, 2.24) is 4.98 Å². The van der Waals surface area contributed by atoms with Gasteiger partial charge >= 0.3 is 0 Å². The highest BCUT2D eigenvalue weighted by Crippen LogP contribution is 2.33. The number of nitrogens with zero attached hydrogens (tertiary/aromatic N) is 1. The van der Waals surface area contributed by atoms with E-state index in [2.05, 4.69) is 4.98 Å². The maximum absolute atomic E-state index is 9.33. The predicted molar refractivity (Wildman–Crippen MR) is 77.5 cm³/mol. The molecule has 0 radical (unpaired) electrons. The van der Waals surface area contributed by atoms with Crippen molar-refractivity contribution in [2.45, 2.75) is 13.2 Å². The fraction of sp³-hybridized carbons (Fsp3) is 0.214. The van der Waals surface area contributed by atoms with Crippen molar-refractivity contribution in [3.8, 4) is 11.6 Å². The normalized spacial score (nSPS) is 10.4.